The molecule has 0 radical (unpaired) electrons. The Morgan fingerprint density at radius 1 is 1.05 bits per heavy atom. The van der Waals surface area contributed by atoms with Crippen LogP contribution in [0.1, 0.15) is 18.1 Å². The fraction of sp³-hybridized carbons (Fsp3) is 0.278. The first kappa shape index (κ1) is 16.9. The van der Waals surface area contributed by atoms with Gasteiger partial charge in [-0.2, -0.15) is 0 Å². The number of rotatable bonds is 7. The topological polar surface area (TPSA) is 29.1 Å². The zero-order valence-corrected chi connectivity index (χ0v) is 14.2. The Morgan fingerprint density at radius 2 is 1.68 bits per heavy atom. The number of carbonyl (C=O) groups excluding carboxylic acids is 1. The summed E-state index contributed by atoms with van der Waals surface area (Å²) in [6.07, 6.45) is 1.46. The highest BCUT2D eigenvalue weighted by Gasteiger charge is 2.03. The lowest BCUT2D eigenvalue weighted by Crippen LogP contribution is -2.27. The van der Waals surface area contributed by atoms with Gasteiger partial charge in [0, 0.05) is 22.2 Å². The zero-order valence-electron chi connectivity index (χ0n) is 12.6. The minimum Gasteiger partial charge on any atom is -0.355 e. The Hall–Kier alpha value is -1.45. The molecule has 0 aromatic heterocycles. The van der Waals surface area contributed by atoms with Crippen molar-refractivity contribution in [3.8, 4) is 0 Å². The van der Waals surface area contributed by atoms with Crippen molar-refractivity contribution in [2.75, 3.05) is 12.3 Å². The predicted molar refractivity (Wildman–Crippen MR) is 94.7 cm³/mol. The average molecular weight is 334 g/mol. The van der Waals surface area contributed by atoms with E-state index < -0.39 is 0 Å². The standard InChI is InChI=1S/C18H20ClNOS/c1-2-14-3-5-15(6-4-14)13-18(21)20-11-12-22-17-9-7-16(19)8-10-17/h3-10H,2,11-13H2,1H3,(H,20,21). The largest absolute Gasteiger partial charge is 0.355 e. The molecule has 0 spiro atoms. The van der Waals surface area contributed by atoms with Crippen LogP contribution in [0.2, 0.25) is 5.02 Å². The van der Waals surface area contributed by atoms with Gasteiger partial charge in [-0.3, -0.25) is 4.79 Å². The van der Waals surface area contributed by atoms with Crippen molar-refractivity contribution in [1.29, 1.82) is 0 Å². The number of carbonyl (C=O) groups is 1. The van der Waals surface area contributed by atoms with Gasteiger partial charge < -0.3 is 5.32 Å². The Balaban J connectivity index is 1.67. The van der Waals surface area contributed by atoms with Gasteiger partial charge >= 0.3 is 0 Å². The number of halogens is 1. The van der Waals surface area contributed by atoms with Crippen LogP contribution in [-0.2, 0) is 17.6 Å². The normalized spacial score (nSPS) is 10.5. The first-order chi connectivity index (χ1) is 10.7. The lowest BCUT2D eigenvalue weighted by molar-refractivity contribution is -0.120. The number of thioether (sulfide) groups is 1. The first-order valence-electron chi connectivity index (χ1n) is 7.40. The minimum absolute atomic E-state index is 0.0703. The molecule has 0 atom stereocenters. The predicted octanol–water partition coefficient (Wildman–Crippen LogP) is 4.35. The molecule has 0 aliphatic heterocycles. The van der Waals surface area contributed by atoms with Gasteiger partial charge in [0.15, 0.2) is 0 Å². The van der Waals surface area contributed by atoms with E-state index in [4.69, 9.17) is 11.6 Å². The SMILES string of the molecule is CCc1ccc(CC(=O)NCCSc2ccc(Cl)cc2)cc1. The van der Waals surface area contributed by atoms with E-state index in [1.165, 1.54) is 5.56 Å². The molecule has 0 bridgehead atoms. The van der Waals surface area contributed by atoms with Gasteiger partial charge in [-0.25, -0.2) is 0 Å². The Kier molecular flexibility index (Phi) is 6.81. The van der Waals surface area contributed by atoms with Crippen molar-refractivity contribution >= 4 is 29.3 Å². The maximum absolute atomic E-state index is 11.9. The molecule has 1 amide bonds. The second-order valence-electron chi connectivity index (χ2n) is 5.00. The summed E-state index contributed by atoms with van der Waals surface area (Å²) in [5.41, 5.74) is 2.35. The van der Waals surface area contributed by atoms with E-state index in [-0.39, 0.29) is 5.91 Å². The van der Waals surface area contributed by atoms with Gasteiger partial charge in [-0.15, -0.1) is 11.8 Å². The van der Waals surface area contributed by atoms with Crippen molar-refractivity contribution in [2.45, 2.75) is 24.7 Å². The molecule has 2 aromatic rings. The summed E-state index contributed by atoms with van der Waals surface area (Å²) in [4.78, 5) is 13.0. The number of hydrogen-bond donors (Lipinski definition) is 1. The van der Waals surface area contributed by atoms with Crippen LogP contribution in [0.15, 0.2) is 53.4 Å². The quantitative estimate of drug-likeness (QED) is 0.602. The molecule has 2 aromatic carbocycles. The van der Waals surface area contributed by atoms with Gasteiger partial charge in [0.05, 0.1) is 6.42 Å². The van der Waals surface area contributed by atoms with Crippen molar-refractivity contribution in [2.24, 2.45) is 0 Å². The molecule has 22 heavy (non-hydrogen) atoms. The summed E-state index contributed by atoms with van der Waals surface area (Å²) in [7, 11) is 0. The third-order valence-electron chi connectivity index (χ3n) is 3.30. The highest BCUT2D eigenvalue weighted by molar-refractivity contribution is 7.99. The molecule has 1 N–H and O–H groups in total. The molecular formula is C18H20ClNOS. The molecule has 0 unspecified atom stereocenters. The van der Waals surface area contributed by atoms with E-state index in [0.29, 0.717) is 13.0 Å². The number of hydrogen-bond acceptors (Lipinski definition) is 2. The maximum atomic E-state index is 11.9. The average Bonchev–Trinajstić information content (AvgIpc) is 2.54. The van der Waals surface area contributed by atoms with Gasteiger partial charge in [0.2, 0.25) is 5.91 Å². The summed E-state index contributed by atoms with van der Waals surface area (Å²) in [5, 5.41) is 3.70. The maximum Gasteiger partial charge on any atom is 0.224 e. The number of amides is 1. The number of nitrogens with one attached hydrogen (secondary N) is 1. The van der Waals surface area contributed by atoms with Gasteiger partial charge in [0.25, 0.3) is 0 Å². The summed E-state index contributed by atoms with van der Waals surface area (Å²) in [6, 6.07) is 16.0. The van der Waals surface area contributed by atoms with Crippen LogP contribution in [0.5, 0.6) is 0 Å². The Labute approximate surface area is 141 Å². The molecule has 116 valence electrons. The molecule has 0 heterocycles. The molecule has 2 nitrogen and oxygen atoms in total. The Bertz CT molecular complexity index is 595. The van der Waals surface area contributed by atoms with E-state index >= 15 is 0 Å². The summed E-state index contributed by atoms with van der Waals surface area (Å²) < 4.78 is 0. The van der Waals surface area contributed by atoms with Crippen LogP contribution in [0.3, 0.4) is 0 Å². The zero-order chi connectivity index (χ0) is 15.8. The van der Waals surface area contributed by atoms with Gasteiger partial charge in [-0.1, -0.05) is 42.8 Å². The van der Waals surface area contributed by atoms with Gasteiger partial charge in [-0.05, 0) is 41.8 Å². The Morgan fingerprint density at radius 3 is 2.32 bits per heavy atom. The van der Waals surface area contributed by atoms with Crippen LogP contribution >= 0.6 is 23.4 Å². The van der Waals surface area contributed by atoms with Crippen LogP contribution < -0.4 is 5.32 Å². The lowest BCUT2D eigenvalue weighted by Gasteiger charge is -2.06. The van der Waals surface area contributed by atoms with Crippen LogP contribution in [-0.4, -0.2) is 18.2 Å². The highest BCUT2D eigenvalue weighted by Crippen LogP contribution is 2.19. The van der Waals surface area contributed by atoms with Gasteiger partial charge in [0.1, 0.15) is 0 Å². The molecule has 0 aliphatic rings. The fourth-order valence-corrected chi connectivity index (χ4v) is 2.93. The molecule has 0 saturated heterocycles. The number of aryl methyl sites for hydroxylation is 1. The van der Waals surface area contributed by atoms with E-state index in [0.717, 1.165) is 27.7 Å². The second-order valence-corrected chi connectivity index (χ2v) is 6.60. The second kappa shape index (κ2) is 8.86. The lowest BCUT2D eigenvalue weighted by atomic mass is 10.1. The van der Waals surface area contributed by atoms with Crippen molar-refractivity contribution in [3.63, 3.8) is 0 Å². The molecule has 4 heteroatoms. The van der Waals surface area contributed by atoms with E-state index in [9.17, 15) is 4.79 Å². The smallest absolute Gasteiger partial charge is 0.224 e. The molecule has 2 rings (SSSR count). The monoisotopic (exact) mass is 333 g/mol. The fourth-order valence-electron chi connectivity index (χ4n) is 2.03. The molecular weight excluding hydrogens is 314 g/mol. The van der Waals surface area contributed by atoms with Crippen LogP contribution in [0, 0.1) is 0 Å². The highest BCUT2D eigenvalue weighted by atomic mass is 35.5. The third-order valence-corrected chi connectivity index (χ3v) is 4.57. The van der Waals surface area contributed by atoms with Crippen molar-refractivity contribution in [3.05, 3.63) is 64.7 Å². The number of benzene rings is 2. The van der Waals surface area contributed by atoms with Crippen LogP contribution in [0.25, 0.3) is 0 Å². The summed E-state index contributed by atoms with van der Waals surface area (Å²) >= 11 is 7.55. The third kappa shape index (κ3) is 5.74. The molecule has 0 fully saturated rings. The first-order valence-corrected chi connectivity index (χ1v) is 8.76. The summed E-state index contributed by atoms with van der Waals surface area (Å²) in [6.45, 7) is 2.79. The van der Waals surface area contributed by atoms with Crippen molar-refractivity contribution in [1.82, 2.24) is 5.32 Å². The van der Waals surface area contributed by atoms with E-state index in [1.807, 2.05) is 36.4 Å². The van der Waals surface area contributed by atoms with Crippen molar-refractivity contribution < 1.29 is 4.79 Å². The summed E-state index contributed by atoms with van der Waals surface area (Å²) in [5.74, 6) is 0.920. The minimum atomic E-state index is 0.0703. The molecule has 0 aliphatic carbocycles. The molecule has 0 saturated carbocycles. The van der Waals surface area contributed by atoms with E-state index in [2.05, 4.69) is 24.4 Å². The van der Waals surface area contributed by atoms with Crippen LogP contribution in [0.4, 0.5) is 0 Å². The van der Waals surface area contributed by atoms with E-state index in [1.54, 1.807) is 11.8 Å².